The first-order valence-corrected chi connectivity index (χ1v) is 9.64. The summed E-state index contributed by atoms with van der Waals surface area (Å²) in [6, 6.07) is 9.76. The number of hydrogen-bond donors (Lipinski definition) is 0. The van der Waals surface area contributed by atoms with Crippen molar-refractivity contribution in [2.75, 3.05) is 65.0 Å². The van der Waals surface area contributed by atoms with E-state index < -0.39 is 0 Å². The first kappa shape index (κ1) is 17.1. The highest BCUT2D eigenvalue weighted by atomic mass is 16.5. The van der Waals surface area contributed by atoms with E-state index in [-0.39, 0.29) is 0 Å². The predicted octanol–water partition coefficient (Wildman–Crippen LogP) is 1.93. The minimum absolute atomic E-state index is 0.565. The van der Waals surface area contributed by atoms with E-state index in [1.165, 1.54) is 31.6 Å². The fourth-order valence-corrected chi connectivity index (χ4v) is 4.81. The monoisotopic (exact) mass is 345 g/mol. The van der Waals surface area contributed by atoms with Gasteiger partial charge < -0.3 is 19.3 Å². The molecule has 3 fully saturated rings. The number of hydrogen-bond acceptors (Lipinski definition) is 5. The smallest absolute Gasteiger partial charge is 0.119 e. The van der Waals surface area contributed by atoms with Crippen LogP contribution in [0.3, 0.4) is 0 Å². The molecule has 4 rings (SSSR count). The lowest BCUT2D eigenvalue weighted by Crippen LogP contribution is -2.52. The van der Waals surface area contributed by atoms with Crippen molar-refractivity contribution >= 4 is 5.69 Å². The summed E-state index contributed by atoms with van der Waals surface area (Å²) in [5, 5.41) is 0. The van der Waals surface area contributed by atoms with Crippen molar-refractivity contribution in [3.63, 3.8) is 0 Å². The summed E-state index contributed by atoms with van der Waals surface area (Å²) < 4.78 is 11.2. The summed E-state index contributed by atoms with van der Waals surface area (Å²) in [6.07, 6.45) is 2.50. The maximum absolute atomic E-state index is 5.95. The molecule has 138 valence electrons. The second-order valence-corrected chi connectivity index (χ2v) is 7.89. The van der Waals surface area contributed by atoms with Gasteiger partial charge in [-0.05, 0) is 44.2 Å². The van der Waals surface area contributed by atoms with Gasteiger partial charge in [0.1, 0.15) is 5.75 Å². The molecule has 2 bridgehead atoms. The summed E-state index contributed by atoms with van der Waals surface area (Å²) in [4.78, 5) is 7.80. The van der Waals surface area contributed by atoms with Crippen LogP contribution in [0, 0.1) is 5.92 Å². The van der Waals surface area contributed by atoms with Gasteiger partial charge in [-0.2, -0.15) is 0 Å². The van der Waals surface area contributed by atoms with Gasteiger partial charge in [-0.3, -0.25) is 4.90 Å². The van der Waals surface area contributed by atoms with Crippen LogP contribution in [0.2, 0.25) is 0 Å². The van der Waals surface area contributed by atoms with Crippen LogP contribution in [0.25, 0.3) is 0 Å². The van der Waals surface area contributed by atoms with E-state index in [0.29, 0.717) is 18.0 Å². The van der Waals surface area contributed by atoms with Crippen molar-refractivity contribution < 1.29 is 9.47 Å². The number of rotatable bonds is 3. The Kier molecular flexibility index (Phi) is 5.15. The van der Waals surface area contributed by atoms with Crippen LogP contribution in [0.4, 0.5) is 5.69 Å². The zero-order valence-corrected chi connectivity index (χ0v) is 15.6. The number of nitrogens with zero attached hydrogens (tertiary/aromatic N) is 3. The SMILES string of the molecule is COc1ccc(N2CCC(N3C[C@H]4COC[C@@H]3CN(C)C4)CC2)cc1. The lowest BCUT2D eigenvalue weighted by Gasteiger charge is -2.42. The molecule has 5 nitrogen and oxygen atoms in total. The van der Waals surface area contributed by atoms with Crippen LogP contribution in [0.5, 0.6) is 5.75 Å². The molecule has 0 aliphatic carbocycles. The molecule has 0 N–H and O–H groups in total. The Morgan fingerprint density at radius 2 is 1.72 bits per heavy atom. The average molecular weight is 345 g/mol. The van der Waals surface area contributed by atoms with E-state index in [1.54, 1.807) is 7.11 Å². The molecule has 3 saturated heterocycles. The molecular formula is C20H31N3O2. The number of piperidine rings is 1. The first-order chi connectivity index (χ1) is 12.2. The molecule has 1 aromatic rings. The lowest BCUT2D eigenvalue weighted by molar-refractivity contribution is 0.0447. The number of fused-ring (bicyclic) bond motifs is 3. The Morgan fingerprint density at radius 3 is 2.44 bits per heavy atom. The highest BCUT2D eigenvalue weighted by Gasteiger charge is 2.36. The second-order valence-electron chi connectivity index (χ2n) is 7.89. The van der Waals surface area contributed by atoms with Gasteiger partial charge in [0.05, 0.1) is 20.3 Å². The summed E-state index contributed by atoms with van der Waals surface area (Å²) in [7, 11) is 3.99. The van der Waals surface area contributed by atoms with E-state index in [4.69, 9.17) is 9.47 Å². The second kappa shape index (κ2) is 7.52. The van der Waals surface area contributed by atoms with E-state index in [9.17, 15) is 0 Å². The number of anilines is 1. The highest BCUT2D eigenvalue weighted by Crippen LogP contribution is 2.28. The third-order valence-electron chi connectivity index (χ3n) is 6.07. The molecule has 3 aliphatic heterocycles. The molecule has 0 amide bonds. The third-order valence-corrected chi connectivity index (χ3v) is 6.07. The Morgan fingerprint density at radius 1 is 0.960 bits per heavy atom. The number of likely N-dealkylation sites (N-methyl/N-ethyl adjacent to an activating group) is 1. The molecule has 1 aromatic carbocycles. The van der Waals surface area contributed by atoms with Gasteiger partial charge in [-0.15, -0.1) is 0 Å². The molecule has 25 heavy (non-hydrogen) atoms. The number of benzene rings is 1. The van der Waals surface area contributed by atoms with Crippen LogP contribution in [-0.4, -0.2) is 82.0 Å². The van der Waals surface area contributed by atoms with Crippen LogP contribution in [0.1, 0.15) is 12.8 Å². The van der Waals surface area contributed by atoms with Crippen molar-refractivity contribution in [2.45, 2.75) is 24.9 Å². The molecule has 2 atom stereocenters. The molecule has 0 unspecified atom stereocenters. The van der Waals surface area contributed by atoms with Gasteiger partial charge in [0.25, 0.3) is 0 Å². The number of ether oxygens (including phenoxy) is 2. The molecule has 5 heteroatoms. The zero-order valence-electron chi connectivity index (χ0n) is 15.6. The summed E-state index contributed by atoms with van der Waals surface area (Å²) in [5.74, 6) is 1.59. The topological polar surface area (TPSA) is 28.2 Å². The molecule has 3 heterocycles. The molecule has 0 spiro atoms. The molecule has 0 aromatic heterocycles. The zero-order chi connectivity index (χ0) is 17.2. The quantitative estimate of drug-likeness (QED) is 0.835. The average Bonchev–Trinajstić information content (AvgIpc) is 2.92. The first-order valence-electron chi connectivity index (χ1n) is 9.64. The maximum atomic E-state index is 5.95. The lowest BCUT2D eigenvalue weighted by atomic mass is 9.99. The van der Waals surface area contributed by atoms with Gasteiger partial charge in [0.15, 0.2) is 0 Å². The van der Waals surface area contributed by atoms with Crippen molar-refractivity contribution in [2.24, 2.45) is 5.92 Å². The van der Waals surface area contributed by atoms with Gasteiger partial charge in [0, 0.05) is 56.4 Å². The van der Waals surface area contributed by atoms with Gasteiger partial charge >= 0.3 is 0 Å². The fourth-order valence-electron chi connectivity index (χ4n) is 4.81. The van der Waals surface area contributed by atoms with E-state index in [0.717, 1.165) is 38.6 Å². The van der Waals surface area contributed by atoms with Crippen LogP contribution < -0.4 is 9.64 Å². The summed E-state index contributed by atoms with van der Waals surface area (Å²) in [5.41, 5.74) is 1.32. The fraction of sp³-hybridized carbons (Fsp3) is 0.700. The van der Waals surface area contributed by atoms with Crippen molar-refractivity contribution in [3.8, 4) is 5.75 Å². The molecule has 3 aliphatic rings. The maximum Gasteiger partial charge on any atom is 0.119 e. The highest BCUT2D eigenvalue weighted by molar-refractivity contribution is 5.49. The van der Waals surface area contributed by atoms with Gasteiger partial charge in [0.2, 0.25) is 0 Å². The minimum atomic E-state index is 0.565. The molecule has 0 radical (unpaired) electrons. The third kappa shape index (κ3) is 3.78. The minimum Gasteiger partial charge on any atom is -0.497 e. The van der Waals surface area contributed by atoms with Crippen molar-refractivity contribution in [1.82, 2.24) is 9.80 Å². The summed E-state index contributed by atoms with van der Waals surface area (Å²) >= 11 is 0. The molecule has 0 saturated carbocycles. The van der Waals surface area contributed by atoms with Crippen LogP contribution in [0.15, 0.2) is 24.3 Å². The predicted molar refractivity (Wildman–Crippen MR) is 101 cm³/mol. The van der Waals surface area contributed by atoms with Crippen molar-refractivity contribution in [3.05, 3.63) is 24.3 Å². The van der Waals surface area contributed by atoms with Gasteiger partial charge in [-0.25, -0.2) is 0 Å². The van der Waals surface area contributed by atoms with E-state index in [1.807, 2.05) is 0 Å². The van der Waals surface area contributed by atoms with Crippen molar-refractivity contribution in [1.29, 1.82) is 0 Å². The van der Waals surface area contributed by atoms with Crippen LogP contribution >= 0.6 is 0 Å². The largest absolute Gasteiger partial charge is 0.497 e. The van der Waals surface area contributed by atoms with E-state index in [2.05, 4.69) is 46.0 Å². The standard InChI is InChI=1S/C20H31N3O2/c1-21-11-16-12-23(19(13-21)15-25-14-16)18-7-9-22(10-8-18)17-3-5-20(24-2)6-4-17/h3-6,16,18-19H,7-15H2,1-2H3/t16-,19-/m0/s1. The molecular weight excluding hydrogens is 314 g/mol. The Labute approximate surface area is 151 Å². The Balaban J connectivity index is 1.39. The Bertz CT molecular complexity index is 557. The summed E-state index contributed by atoms with van der Waals surface area (Å²) in [6.45, 7) is 7.65. The van der Waals surface area contributed by atoms with E-state index >= 15 is 0 Å². The van der Waals surface area contributed by atoms with Gasteiger partial charge in [-0.1, -0.05) is 0 Å². The normalized spacial score (nSPS) is 29.4. The number of methoxy groups -OCH3 is 1. The Hall–Kier alpha value is -1.30. The van der Waals surface area contributed by atoms with Crippen LogP contribution in [-0.2, 0) is 4.74 Å².